The van der Waals surface area contributed by atoms with Gasteiger partial charge in [0.25, 0.3) is 11.9 Å². The molecule has 0 radical (unpaired) electrons. The van der Waals surface area contributed by atoms with Crippen LogP contribution in [0.2, 0.25) is 0 Å². The molecule has 0 heterocycles. The Morgan fingerprint density at radius 1 is 1.00 bits per heavy atom. The molecule has 0 saturated heterocycles. The SMILES string of the molecule is CCOC(=O)C(N=Nc1ccc(C(=O)Nc2cccc(N)c2)cc1)C(=O)OCC. The predicted molar refractivity (Wildman–Crippen MR) is 107 cm³/mol. The first-order valence-corrected chi connectivity index (χ1v) is 8.95. The van der Waals surface area contributed by atoms with Crippen molar-refractivity contribution in [2.75, 3.05) is 24.3 Å². The third-order valence-corrected chi connectivity index (χ3v) is 3.58. The van der Waals surface area contributed by atoms with Gasteiger partial charge in [0.1, 0.15) is 0 Å². The molecule has 3 N–H and O–H groups in total. The van der Waals surface area contributed by atoms with Gasteiger partial charge in [0.15, 0.2) is 0 Å². The van der Waals surface area contributed by atoms with Crippen molar-refractivity contribution in [3.8, 4) is 0 Å². The fourth-order valence-corrected chi connectivity index (χ4v) is 2.26. The van der Waals surface area contributed by atoms with Crippen molar-refractivity contribution < 1.29 is 23.9 Å². The van der Waals surface area contributed by atoms with E-state index in [4.69, 9.17) is 15.2 Å². The Kier molecular flexibility index (Phi) is 7.84. The Balaban J connectivity index is 2.08. The highest BCUT2D eigenvalue weighted by molar-refractivity contribution is 6.04. The summed E-state index contributed by atoms with van der Waals surface area (Å²) < 4.78 is 9.64. The Labute approximate surface area is 167 Å². The first kappa shape index (κ1) is 21.5. The standard InChI is InChI=1S/C20H22N4O5/c1-3-28-19(26)17(20(27)29-4-2)24-23-15-10-8-13(9-11-15)18(25)22-16-7-5-6-14(21)12-16/h5-12,17H,3-4,21H2,1-2H3,(H,22,25). The lowest BCUT2D eigenvalue weighted by molar-refractivity contribution is -0.156. The number of azo groups is 1. The van der Waals surface area contributed by atoms with Crippen LogP contribution in [0.1, 0.15) is 24.2 Å². The zero-order valence-electron chi connectivity index (χ0n) is 16.1. The second-order valence-electron chi connectivity index (χ2n) is 5.75. The van der Waals surface area contributed by atoms with Gasteiger partial charge < -0.3 is 20.5 Å². The number of esters is 2. The minimum absolute atomic E-state index is 0.0983. The minimum Gasteiger partial charge on any atom is -0.464 e. The Morgan fingerprint density at radius 3 is 2.17 bits per heavy atom. The van der Waals surface area contributed by atoms with Gasteiger partial charge in [-0.05, 0) is 56.3 Å². The van der Waals surface area contributed by atoms with Crippen LogP contribution in [-0.2, 0) is 19.1 Å². The average Bonchev–Trinajstić information content (AvgIpc) is 2.69. The number of carbonyl (C=O) groups excluding carboxylic acids is 3. The fraction of sp³-hybridized carbons (Fsp3) is 0.250. The molecule has 0 aliphatic carbocycles. The lowest BCUT2D eigenvalue weighted by Crippen LogP contribution is -2.31. The van der Waals surface area contributed by atoms with E-state index in [2.05, 4.69) is 15.5 Å². The summed E-state index contributed by atoms with van der Waals surface area (Å²) in [7, 11) is 0. The number of nitrogens with zero attached hydrogens (tertiary/aromatic N) is 2. The number of anilines is 2. The van der Waals surface area contributed by atoms with Crippen molar-refractivity contribution in [3.05, 3.63) is 54.1 Å². The molecule has 0 aliphatic heterocycles. The molecule has 29 heavy (non-hydrogen) atoms. The van der Waals surface area contributed by atoms with Gasteiger partial charge in [-0.3, -0.25) is 4.79 Å². The normalized spacial score (nSPS) is 10.7. The summed E-state index contributed by atoms with van der Waals surface area (Å²) in [5.74, 6) is -2.00. The Bertz CT molecular complexity index is 878. The number of ether oxygens (including phenoxy) is 2. The number of nitrogen functional groups attached to an aromatic ring is 1. The zero-order chi connectivity index (χ0) is 21.2. The molecule has 0 unspecified atom stereocenters. The van der Waals surface area contributed by atoms with Gasteiger partial charge >= 0.3 is 11.9 Å². The third-order valence-electron chi connectivity index (χ3n) is 3.58. The zero-order valence-corrected chi connectivity index (χ0v) is 16.1. The number of hydrogen-bond acceptors (Lipinski definition) is 8. The van der Waals surface area contributed by atoms with E-state index in [9.17, 15) is 14.4 Å². The lowest BCUT2D eigenvalue weighted by atomic mass is 10.2. The maximum absolute atomic E-state index is 12.3. The quantitative estimate of drug-likeness (QED) is 0.304. The van der Waals surface area contributed by atoms with Crippen LogP contribution in [0.5, 0.6) is 0 Å². The van der Waals surface area contributed by atoms with E-state index in [-0.39, 0.29) is 19.1 Å². The van der Waals surface area contributed by atoms with Crippen molar-refractivity contribution in [2.45, 2.75) is 19.9 Å². The van der Waals surface area contributed by atoms with Crippen LogP contribution in [0.15, 0.2) is 58.8 Å². The molecular weight excluding hydrogens is 376 g/mol. The van der Waals surface area contributed by atoms with Crippen LogP contribution in [0.25, 0.3) is 0 Å². The molecule has 2 rings (SSSR count). The van der Waals surface area contributed by atoms with Gasteiger partial charge in [-0.15, -0.1) is 0 Å². The summed E-state index contributed by atoms with van der Waals surface area (Å²) >= 11 is 0. The smallest absolute Gasteiger partial charge is 0.344 e. The molecule has 0 aliphatic rings. The van der Waals surface area contributed by atoms with E-state index in [1.165, 1.54) is 12.1 Å². The second-order valence-corrected chi connectivity index (χ2v) is 5.75. The maximum atomic E-state index is 12.3. The number of benzene rings is 2. The molecule has 9 heteroatoms. The van der Waals surface area contributed by atoms with Crippen molar-refractivity contribution in [2.24, 2.45) is 10.2 Å². The monoisotopic (exact) mass is 398 g/mol. The first-order chi connectivity index (χ1) is 13.9. The van der Waals surface area contributed by atoms with E-state index in [0.29, 0.717) is 22.6 Å². The molecule has 0 atom stereocenters. The summed E-state index contributed by atoms with van der Waals surface area (Å²) in [6.45, 7) is 3.43. The average molecular weight is 398 g/mol. The molecule has 2 aromatic carbocycles. The van der Waals surface area contributed by atoms with E-state index in [0.717, 1.165) is 0 Å². The van der Waals surface area contributed by atoms with E-state index < -0.39 is 18.0 Å². The number of rotatable bonds is 8. The predicted octanol–water partition coefficient (Wildman–Crippen LogP) is 3.10. The summed E-state index contributed by atoms with van der Waals surface area (Å²) in [4.78, 5) is 36.1. The van der Waals surface area contributed by atoms with Crippen LogP contribution in [0, 0.1) is 0 Å². The highest BCUT2D eigenvalue weighted by Crippen LogP contribution is 2.17. The molecule has 9 nitrogen and oxygen atoms in total. The van der Waals surface area contributed by atoms with Crippen molar-refractivity contribution in [1.29, 1.82) is 0 Å². The molecule has 0 aromatic heterocycles. The van der Waals surface area contributed by atoms with E-state index in [1.807, 2.05) is 0 Å². The minimum atomic E-state index is -1.50. The first-order valence-electron chi connectivity index (χ1n) is 8.95. The summed E-state index contributed by atoms with van der Waals surface area (Å²) in [6.07, 6.45) is 0. The van der Waals surface area contributed by atoms with Crippen molar-refractivity contribution in [3.63, 3.8) is 0 Å². The molecule has 0 bridgehead atoms. The Morgan fingerprint density at radius 2 is 1.62 bits per heavy atom. The van der Waals surface area contributed by atoms with Gasteiger partial charge in [0.05, 0.1) is 18.9 Å². The van der Waals surface area contributed by atoms with E-state index in [1.54, 1.807) is 50.2 Å². The van der Waals surface area contributed by atoms with Gasteiger partial charge in [0, 0.05) is 16.9 Å². The fourth-order valence-electron chi connectivity index (χ4n) is 2.26. The number of amides is 1. The van der Waals surface area contributed by atoms with Gasteiger partial charge in [-0.25, -0.2) is 9.59 Å². The number of nitrogens with one attached hydrogen (secondary N) is 1. The highest BCUT2D eigenvalue weighted by Gasteiger charge is 2.29. The molecule has 2 aromatic rings. The van der Waals surface area contributed by atoms with Crippen molar-refractivity contribution in [1.82, 2.24) is 0 Å². The highest BCUT2D eigenvalue weighted by atomic mass is 16.6. The number of nitrogens with two attached hydrogens (primary N) is 1. The molecule has 0 saturated carbocycles. The van der Waals surface area contributed by atoms with Crippen LogP contribution in [-0.4, -0.2) is 37.1 Å². The molecule has 1 amide bonds. The van der Waals surface area contributed by atoms with Gasteiger partial charge in [-0.2, -0.15) is 10.2 Å². The number of carbonyl (C=O) groups is 3. The lowest BCUT2D eigenvalue weighted by Gasteiger charge is -2.09. The van der Waals surface area contributed by atoms with Crippen molar-refractivity contribution >= 4 is 34.9 Å². The van der Waals surface area contributed by atoms with Crippen LogP contribution in [0.3, 0.4) is 0 Å². The topological polar surface area (TPSA) is 132 Å². The van der Waals surface area contributed by atoms with Gasteiger partial charge in [0.2, 0.25) is 0 Å². The Hall–Kier alpha value is -3.75. The van der Waals surface area contributed by atoms with E-state index >= 15 is 0 Å². The molecule has 0 fully saturated rings. The maximum Gasteiger partial charge on any atom is 0.344 e. The summed E-state index contributed by atoms with van der Waals surface area (Å²) in [5.41, 5.74) is 7.54. The van der Waals surface area contributed by atoms with Crippen LogP contribution in [0.4, 0.5) is 17.1 Å². The molecule has 0 spiro atoms. The molecular formula is C20H22N4O5. The third kappa shape index (κ3) is 6.42. The van der Waals surface area contributed by atoms with Crippen LogP contribution < -0.4 is 11.1 Å². The summed E-state index contributed by atoms with van der Waals surface area (Å²) in [5, 5.41) is 10.4. The summed E-state index contributed by atoms with van der Waals surface area (Å²) in [6, 6.07) is 11.5. The second kappa shape index (κ2) is 10.5. The molecule has 152 valence electrons. The number of hydrogen-bond donors (Lipinski definition) is 2. The largest absolute Gasteiger partial charge is 0.464 e. The van der Waals surface area contributed by atoms with Crippen LogP contribution >= 0.6 is 0 Å². The van der Waals surface area contributed by atoms with Gasteiger partial charge in [-0.1, -0.05) is 6.07 Å².